The zero-order valence-corrected chi connectivity index (χ0v) is 11.3. The number of hydrogen-bond donors (Lipinski definition) is 1. The Morgan fingerprint density at radius 1 is 1.22 bits per heavy atom. The Bertz CT molecular complexity index is 493. The van der Waals surface area contributed by atoms with Gasteiger partial charge in [0.15, 0.2) is 0 Å². The van der Waals surface area contributed by atoms with Crippen LogP contribution in [-0.4, -0.2) is 16.7 Å². The number of halogens is 1. The lowest BCUT2D eigenvalue weighted by Crippen LogP contribution is -2.07. The van der Waals surface area contributed by atoms with Crippen LogP contribution in [0, 0.1) is 11.7 Å². The van der Waals surface area contributed by atoms with Crippen molar-refractivity contribution < 1.29 is 4.39 Å². The second-order valence-corrected chi connectivity index (χ2v) is 5.64. The van der Waals surface area contributed by atoms with E-state index in [2.05, 4.69) is 29.4 Å². The molecule has 1 aromatic heterocycles. The minimum atomic E-state index is -0.213. The highest BCUT2D eigenvalue weighted by Crippen LogP contribution is 2.18. The Morgan fingerprint density at radius 2 is 1.94 bits per heavy atom. The quantitative estimate of drug-likeness (QED) is 0.901. The largest absolute Gasteiger partial charge is 0.360 e. The molecule has 3 nitrogen and oxygen atoms in total. The van der Waals surface area contributed by atoms with Crippen LogP contribution in [0.3, 0.4) is 0 Å². The molecule has 18 heavy (non-hydrogen) atoms. The van der Waals surface area contributed by atoms with E-state index in [1.165, 1.54) is 12.1 Å². The van der Waals surface area contributed by atoms with Gasteiger partial charge in [-0.05, 0) is 23.6 Å². The van der Waals surface area contributed by atoms with Crippen LogP contribution in [0.25, 0.3) is 0 Å². The molecule has 5 heteroatoms. The zero-order valence-electron chi connectivity index (χ0n) is 10.5. The molecule has 0 radical (unpaired) electrons. The summed E-state index contributed by atoms with van der Waals surface area (Å²) in [5.74, 6) is 0.366. The Kier molecular flexibility index (Phi) is 4.25. The Labute approximate surface area is 110 Å². The van der Waals surface area contributed by atoms with Gasteiger partial charge in [-0.1, -0.05) is 37.3 Å². The molecule has 0 bridgehead atoms. The fraction of sp³-hybridized carbons (Fsp3) is 0.385. The summed E-state index contributed by atoms with van der Waals surface area (Å²) < 4.78 is 12.8. The minimum Gasteiger partial charge on any atom is -0.360 e. The maximum absolute atomic E-state index is 12.8. The minimum absolute atomic E-state index is 0.213. The maximum atomic E-state index is 12.8. The number of hydrogen-bond acceptors (Lipinski definition) is 4. The number of aromatic nitrogens is 2. The van der Waals surface area contributed by atoms with Gasteiger partial charge in [-0.15, -0.1) is 10.2 Å². The topological polar surface area (TPSA) is 37.8 Å². The zero-order chi connectivity index (χ0) is 13.0. The second-order valence-electron chi connectivity index (χ2n) is 4.58. The van der Waals surface area contributed by atoms with Gasteiger partial charge in [-0.25, -0.2) is 4.39 Å². The van der Waals surface area contributed by atoms with Gasteiger partial charge in [-0.3, -0.25) is 0 Å². The fourth-order valence-corrected chi connectivity index (χ4v) is 2.25. The van der Waals surface area contributed by atoms with Crippen molar-refractivity contribution in [2.75, 3.05) is 11.9 Å². The van der Waals surface area contributed by atoms with Gasteiger partial charge in [0.05, 0.1) is 0 Å². The summed E-state index contributed by atoms with van der Waals surface area (Å²) in [5.41, 5.74) is 1.04. The molecule has 0 amide bonds. The maximum Gasteiger partial charge on any atom is 0.205 e. The summed E-state index contributed by atoms with van der Waals surface area (Å²) in [6.07, 6.45) is 0.696. The summed E-state index contributed by atoms with van der Waals surface area (Å²) >= 11 is 1.55. The first kappa shape index (κ1) is 13.0. The molecule has 0 saturated carbocycles. The third kappa shape index (κ3) is 3.77. The monoisotopic (exact) mass is 265 g/mol. The van der Waals surface area contributed by atoms with Gasteiger partial charge in [0.2, 0.25) is 5.13 Å². The van der Waals surface area contributed by atoms with Crippen LogP contribution < -0.4 is 5.32 Å². The predicted octanol–water partition coefficient (Wildman–Crippen LogP) is 3.34. The molecule has 0 atom stereocenters. The van der Waals surface area contributed by atoms with E-state index in [0.717, 1.165) is 22.2 Å². The van der Waals surface area contributed by atoms with E-state index < -0.39 is 0 Å². The lowest BCUT2D eigenvalue weighted by atomic mass is 10.2. The molecule has 96 valence electrons. The average molecular weight is 265 g/mol. The second kappa shape index (κ2) is 5.91. The summed E-state index contributed by atoms with van der Waals surface area (Å²) in [5, 5.41) is 13.2. The highest BCUT2D eigenvalue weighted by atomic mass is 32.1. The summed E-state index contributed by atoms with van der Waals surface area (Å²) in [7, 11) is 0. The SMILES string of the molecule is CC(C)CNc1nnc(Cc2ccc(F)cc2)s1. The third-order valence-electron chi connectivity index (χ3n) is 2.40. The molecular weight excluding hydrogens is 249 g/mol. The molecule has 0 saturated heterocycles. The molecule has 2 rings (SSSR count). The van der Waals surface area contributed by atoms with Crippen molar-refractivity contribution in [3.8, 4) is 0 Å². The molecule has 0 unspecified atom stereocenters. The van der Waals surface area contributed by atoms with Crippen molar-refractivity contribution in [2.45, 2.75) is 20.3 Å². The number of nitrogens with zero attached hydrogens (tertiary/aromatic N) is 2. The summed E-state index contributed by atoms with van der Waals surface area (Å²) in [6, 6.07) is 6.48. The van der Waals surface area contributed by atoms with E-state index in [1.54, 1.807) is 23.5 Å². The van der Waals surface area contributed by atoms with Crippen LogP contribution in [0.5, 0.6) is 0 Å². The smallest absolute Gasteiger partial charge is 0.205 e. The van der Waals surface area contributed by atoms with Gasteiger partial charge in [0, 0.05) is 13.0 Å². The summed E-state index contributed by atoms with van der Waals surface area (Å²) in [6.45, 7) is 5.19. The van der Waals surface area contributed by atoms with E-state index in [1.807, 2.05) is 0 Å². The van der Waals surface area contributed by atoms with Crippen LogP contribution in [0.1, 0.15) is 24.4 Å². The van der Waals surface area contributed by atoms with Gasteiger partial charge >= 0.3 is 0 Å². The van der Waals surface area contributed by atoms with Gasteiger partial charge in [0.25, 0.3) is 0 Å². The molecule has 1 aromatic carbocycles. The van der Waals surface area contributed by atoms with E-state index in [4.69, 9.17) is 0 Å². The van der Waals surface area contributed by atoms with Crippen molar-refractivity contribution in [2.24, 2.45) is 5.92 Å². The highest BCUT2D eigenvalue weighted by Gasteiger charge is 2.05. The molecule has 2 aromatic rings. The van der Waals surface area contributed by atoms with E-state index in [0.29, 0.717) is 12.3 Å². The van der Waals surface area contributed by atoms with Crippen molar-refractivity contribution in [1.29, 1.82) is 0 Å². The van der Waals surface area contributed by atoms with Crippen LogP contribution in [0.4, 0.5) is 9.52 Å². The van der Waals surface area contributed by atoms with Gasteiger partial charge < -0.3 is 5.32 Å². The molecule has 0 aliphatic carbocycles. The first-order valence-electron chi connectivity index (χ1n) is 5.94. The molecule has 1 heterocycles. The van der Waals surface area contributed by atoms with Crippen molar-refractivity contribution in [3.05, 3.63) is 40.7 Å². The lowest BCUT2D eigenvalue weighted by molar-refractivity contribution is 0.627. The molecule has 0 fully saturated rings. The Hall–Kier alpha value is -1.49. The molecule has 0 aliphatic rings. The Morgan fingerprint density at radius 3 is 2.61 bits per heavy atom. The lowest BCUT2D eigenvalue weighted by Gasteiger charge is -2.03. The van der Waals surface area contributed by atoms with Gasteiger partial charge in [0.1, 0.15) is 10.8 Å². The van der Waals surface area contributed by atoms with Crippen molar-refractivity contribution in [1.82, 2.24) is 10.2 Å². The molecular formula is C13H16FN3S. The van der Waals surface area contributed by atoms with E-state index in [9.17, 15) is 4.39 Å². The van der Waals surface area contributed by atoms with Crippen LogP contribution in [0.2, 0.25) is 0 Å². The fourth-order valence-electron chi connectivity index (χ4n) is 1.46. The first-order valence-corrected chi connectivity index (χ1v) is 6.76. The third-order valence-corrected chi connectivity index (χ3v) is 3.28. The van der Waals surface area contributed by atoms with E-state index in [-0.39, 0.29) is 5.82 Å². The predicted molar refractivity (Wildman–Crippen MR) is 72.4 cm³/mol. The standard InChI is InChI=1S/C13H16FN3S/c1-9(2)8-15-13-17-16-12(18-13)7-10-3-5-11(14)6-4-10/h3-6,9H,7-8H2,1-2H3,(H,15,17). The molecule has 0 spiro atoms. The Balaban J connectivity index is 1.95. The summed E-state index contributed by atoms with van der Waals surface area (Å²) in [4.78, 5) is 0. The molecule has 1 N–H and O–H groups in total. The van der Waals surface area contributed by atoms with Crippen LogP contribution in [0.15, 0.2) is 24.3 Å². The molecule has 0 aliphatic heterocycles. The normalized spacial score (nSPS) is 10.9. The van der Waals surface area contributed by atoms with Crippen LogP contribution >= 0.6 is 11.3 Å². The van der Waals surface area contributed by atoms with E-state index >= 15 is 0 Å². The number of anilines is 1. The number of benzene rings is 1. The first-order chi connectivity index (χ1) is 8.63. The van der Waals surface area contributed by atoms with Crippen LogP contribution in [-0.2, 0) is 6.42 Å². The number of nitrogens with one attached hydrogen (secondary N) is 1. The average Bonchev–Trinajstić information content (AvgIpc) is 2.77. The highest BCUT2D eigenvalue weighted by molar-refractivity contribution is 7.15. The number of rotatable bonds is 5. The van der Waals surface area contributed by atoms with Gasteiger partial charge in [-0.2, -0.15) is 0 Å². The van der Waals surface area contributed by atoms with Crippen molar-refractivity contribution in [3.63, 3.8) is 0 Å². The van der Waals surface area contributed by atoms with Crippen molar-refractivity contribution >= 4 is 16.5 Å².